The standard InChI is InChI=1S/C12H19BrN2S/c1-9(8-16-3)15(2)7-10-4-11(13)6-12(14)5-10/h4-6,9H,7-8,14H2,1-3H3. The van der Waals surface area contributed by atoms with Gasteiger partial charge in [-0.25, -0.2) is 0 Å². The van der Waals surface area contributed by atoms with Gasteiger partial charge in [-0.05, 0) is 44.0 Å². The Morgan fingerprint density at radius 1 is 1.44 bits per heavy atom. The SMILES string of the molecule is CSCC(C)N(C)Cc1cc(N)cc(Br)c1. The molecular formula is C12H19BrN2S. The van der Waals surface area contributed by atoms with E-state index in [1.54, 1.807) is 0 Å². The molecule has 0 amide bonds. The van der Waals surface area contributed by atoms with Crippen molar-refractivity contribution in [1.82, 2.24) is 4.90 Å². The van der Waals surface area contributed by atoms with Crippen molar-refractivity contribution >= 4 is 33.4 Å². The normalized spacial score (nSPS) is 13.1. The minimum Gasteiger partial charge on any atom is -0.399 e. The quantitative estimate of drug-likeness (QED) is 0.847. The Balaban J connectivity index is 2.65. The molecule has 0 saturated heterocycles. The summed E-state index contributed by atoms with van der Waals surface area (Å²) in [6, 6.07) is 6.66. The van der Waals surface area contributed by atoms with Crippen LogP contribution in [0.3, 0.4) is 0 Å². The molecule has 16 heavy (non-hydrogen) atoms. The molecule has 1 unspecified atom stereocenters. The Hall–Kier alpha value is -0.190. The molecule has 0 spiro atoms. The molecule has 0 aromatic heterocycles. The van der Waals surface area contributed by atoms with Crippen LogP contribution in [0.5, 0.6) is 0 Å². The molecule has 2 nitrogen and oxygen atoms in total. The average Bonchev–Trinajstić information content (AvgIpc) is 2.16. The number of hydrogen-bond acceptors (Lipinski definition) is 3. The van der Waals surface area contributed by atoms with Crippen LogP contribution in [0.15, 0.2) is 22.7 Å². The van der Waals surface area contributed by atoms with Gasteiger partial charge in [0, 0.05) is 28.5 Å². The summed E-state index contributed by atoms with van der Waals surface area (Å²) in [5, 5.41) is 0. The Bertz CT molecular complexity index is 324. The van der Waals surface area contributed by atoms with Crippen LogP contribution in [-0.2, 0) is 6.54 Å². The molecule has 0 aliphatic heterocycles. The van der Waals surface area contributed by atoms with E-state index < -0.39 is 0 Å². The van der Waals surface area contributed by atoms with Crippen LogP contribution in [0.2, 0.25) is 0 Å². The molecule has 0 heterocycles. The molecule has 1 aromatic carbocycles. The van der Waals surface area contributed by atoms with Gasteiger partial charge >= 0.3 is 0 Å². The lowest BCUT2D eigenvalue weighted by Crippen LogP contribution is -2.30. The highest BCUT2D eigenvalue weighted by Gasteiger charge is 2.09. The summed E-state index contributed by atoms with van der Waals surface area (Å²) in [5.41, 5.74) is 7.88. The van der Waals surface area contributed by atoms with Gasteiger partial charge in [0.1, 0.15) is 0 Å². The van der Waals surface area contributed by atoms with Crippen molar-refractivity contribution in [3.05, 3.63) is 28.2 Å². The van der Waals surface area contributed by atoms with Crippen LogP contribution in [0.1, 0.15) is 12.5 Å². The molecule has 0 fully saturated rings. The number of halogens is 1. The maximum atomic E-state index is 5.82. The maximum Gasteiger partial charge on any atom is 0.0328 e. The predicted molar refractivity (Wildman–Crippen MR) is 77.9 cm³/mol. The van der Waals surface area contributed by atoms with Crippen molar-refractivity contribution < 1.29 is 0 Å². The predicted octanol–water partition coefficient (Wildman–Crippen LogP) is 3.21. The molecule has 0 radical (unpaired) electrons. The van der Waals surface area contributed by atoms with Crippen molar-refractivity contribution in [3.63, 3.8) is 0 Å². The number of nitrogens with zero attached hydrogens (tertiary/aromatic N) is 1. The van der Waals surface area contributed by atoms with Crippen LogP contribution in [0, 0.1) is 0 Å². The van der Waals surface area contributed by atoms with Crippen LogP contribution in [0.25, 0.3) is 0 Å². The number of hydrogen-bond donors (Lipinski definition) is 1. The Kier molecular flexibility index (Phi) is 5.66. The number of anilines is 1. The summed E-state index contributed by atoms with van der Waals surface area (Å²) >= 11 is 5.35. The van der Waals surface area contributed by atoms with Crippen molar-refractivity contribution in [2.75, 3.05) is 24.8 Å². The van der Waals surface area contributed by atoms with E-state index in [0.717, 1.165) is 22.5 Å². The third-order valence-electron chi connectivity index (χ3n) is 2.57. The zero-order valence-electron chi connectivity index (χ0n) is 10.0. The van der Waals surface area contributed by atoms with Gasteiger partial charge in [0.05, 0.1) is 0 Å². The fourth-order valence-corrected chi connectivity index (χ4v) is 2.87. The fraction of sp³-hybridized carbons (Fsp3) is 0.500. The highest BCUT2D eigenvalue weighted by Crippen LogP contribution is 2.19. The summed E-state index contributed by atoms with van der Waals surface area (Å²) in [7, 11) is 2.15. The molecule has 0 bridgehead atoms. The van der Waals surface area contributed by atoms with Gasteiger partial charge in [0.25, 0.3) is 0 Å². The molecule has 0 aliphatic rings. The van der Waals surface area contributed by atoms with Crippen LogP contribution in [0.4, 0.5) is 5.69 Å². The van der Waals surface area contributed by atoms with Gasteiger partial charge in [-0.3, -0.25) is 4.90 Å². The Labute approximate surface area is 111 Å². The summed E-state index contributed by atoms with van der Waals surface area (Å²) in [5.74, 6) is 1.15. The second kappa shape index (κ2) is 6.52. The monoisotopic (exact) mass is 302 g/mol. The fourth-order valence-electron chi connectivity index (χ4n) is 1.58. The molecule has 1 atom stereocenters. The van der Waals surface area contributed by atoms with Gasteiger partial charge < -0.3 is 5.73 Å². The van der Waals surface area contributed by atoms with E-state index in [0.29, 0.717) is 6.04 Å². The third-order valence-corrected chi connectivity index (χ3v) is 3.85. The Morgan fingerprint density at radius 2 is 2.12 bits per heavy atom. The summed E-state index contributed by atoms with van der Waals surface area (Å²) < 4.78 is 1.05. The van der Waals surface area contributed by atoms with Gasteiger partial charge in [-0.2, -0.15) is 11.8 Å². The molecular weight excluding hydrogens is 284 g/mol. The second-order valence-corrected chi connectivity index (χ2v) is 5.94. The summed E-state index contributed by atoms with van der Waals surface area (Å²) in [6.07, 6.45) is 2.14. The van der Waals surface area contributed by atoms with Crippen molar-refractivity contribution in [1.29, 1.82) is 0 Å². The lowest BCUT2D eigenvalue weighted by atomic mass is 10.2. The smallest absolute Gasteiger partial charge is 0.0328 e. The largest absolute Gasteiger partial charge is 0.399 e. The number of thioether (sulfide) groups is 1. The van der Waals surface area contributed by atoms with Gasteiger partial charge in [-0.1, -0.05) is 15.9 Å². The van der Waals surface area contributed by atoms with E-state index in [-0.39, 0.29) is 0 Å². The van der Waals surface area contributed by atoms with Crippen LogP contribution in [-0.4, -0.2) is 30.0 Å². The van der Waals surface area contributed by atoms with E-state index in [1.807, 2.05) is 23.9 Å². The van der Waals surface area contributed by atoms with Crippen molar-refractivity contribution in [2.45, 2.75) is 19.5 Å². The average molecular weight is 303 g/mol. The zero-order valence-corrected chi connectivity index (χ0v) is 12.4. The van der Waals surface area contributed by atoms with Gasteiger partial charge in [0.2, 0.25) is 0 Å². The molecule has 2 N–H and O–H groups in total. The maximum absolute atomic E-state index is 5.82. The first kappa shape index (κ1) is 13.9. The summed E-state index contributed by atoms with van der Waals surface area (Å²) in [4.78, 5) is 2.34. The van der Waals surface area contributed by atoms with Crippen LogP contribution >= 0.6 is 27.7 Å². The Morgan fingerprint density at radius 3 is 2.69 bits per heavy atom. The second-order valence-electron chi connectivity index (χ2n) is 4.11. The molecule has 90 valence electrons. The molecule has 0 saturated carbocycles. The van der Waals surface area contributed by atoms with Crippen LogP contribution < -0.4 is 5.73 Å². The summed E-state index contributed by atoms with van der Waals surface area (Å²) in [6.45, 7) is 3.18. The molecule has 4 heteroatoms. The van der Waals surface area contributed by atoms with E-state index in [4.69, 9.17) is 5.73 Å². The van der Waals surface area contributed by atoms with E-state index in [1.165, 1.54) is 5.56 Å². The van der Waals surface area contributed by atoms with Gasteiger partial charge in [0.15, 0.2) is 0 Å². The van der Waals surface area contributed by atoms with E-state index >= 15 is 0 Å². The molecule has 0 aliphatic carbocycles. The first-order valence-corrected chi connectivity index (χ1v) is 7.45. The number of rotatable bonds is 5. The molecule has 1 rings (SSSR count). The number of benzene rings is 1. The topological polar surface area (TPSA) is 29.3 Å². The minimum atomic E-state index is 0.579. The first-order valence-electron chi connectivity index (χ1n) is 5.27. The lowest BCUT2D eigenvalue weighted by Gasteiger charge is -2.24. The third kappa shape index (κ3) is 4.36. The highest BCUT2D eigenvalue weighted by molar-refractivity contribution is 9.10. The van der Waals surface area contributed by atoms with Gasteiger partial charge in [-0.15, -0.1) is 0 Å². The highest BCUT2D eigenvalue weighted by atomic mass is 79.9. The first-order chi connectivity index (χ1) is 7.52. The number of nitrogen functional groups attached to an aromatic ring is 1. The van der Waals surface area contributed by atoms with Crippen molar-refractivity contribution in [3.8, 4) is 0 Å². The van der Waals surface area contributed by atoms with Crippen molar-refractivity contribution in [2.24, 2.45) is 0 Å². The van der Waals surface area contributed by atoms with E-state index in [9.17, 15) is 0 Å². The number of nitrogens with two attached hydrogens (primary N) is 1. The van der Waals surface area contributed by atoms with E-state index in [2.05, 4.69) is 47.1 Å². The zero-order chi connectivity index (χ0) is 12.1. The lowest BCUT2D eigenvalue weighted by molar-refractivity contribution is 0.270. The minimum absolute atomic E-state index is 0.579. The molecule has 1 aromatic rings.